The van der Waals surface area contributed by atoms with E-state index in [0.717, 1.165) is 35.8 Å². The Morgan fingerprint density at radius 3 is 1.59 bits per heavy atom. The van der Waals surface area contributed by atoms with Gasteiger partial charge in [0.05, 0.1) is 11.8 Å². The lowest BCUT2D eigenvalue weighted by atomic mass is 10.0. The molecule has 156 valence electrons. The predicted octanol–water partition coefficient (Wildman–Crippen LogP) is 2.61. The molecule has 2 saturated heterocycles. The topological polar surface area (TPSA) is 127 Å². The molecule has 2 rings (SSSR count). The Hall–Kier alpha value is -0.870. The van der Waals surface area contributed by atoms with Crippen molar-refractivity contribution in [3.8, 4) is 0 Å². The smallest absolute Gasteiger partial charge is 0.307 e. The maximum absolute atomic E-state index is 11.6. The van der Waals surface area contributed by atoms with Gasteiger partial charge in [-0.2, -0.15) is 11.8 Å². The lowest BCUT2D eigenvalue weighted by Gasteiger charge is -2.31. The van der Waals surface area contributed by atoms with E-state index >= 15 is 0 Å². The van der Waals surface area contributed by atoms with Crippen molar-refractivity contribution >= 4 is 23.7 Å². The molecular weight excluding hydrogens is 372 g/mol. The van der Waals surface area contributed by atoms with Crippen molar-refractivity contribution in [2.24, 2.45) is 11.8 Å². The van der Waals surface area contributed by atoms with Crippen LogP contribution in [0.2, 0.25) is 0 Å². The van der Waals surface area contributed by atoms with Gasteiger partial charge in [-0.1, -0.05) is 0 Å². The second-order valence-electron chi connectivity index (χ2n) is 7.64. The highest BCUT2D eigenvalue weighted by atomic mass is 32.2. The summed E-state index contributed by atoms with van der Waals surface area (Å²) in [4.78, 5) is 22.9. The van der Waals surface area contributed by atoms with Gasteiger partial charge in [-0.3, -0.25) is 9.59 Å². The molecule has 9 heteroatoms. The van der Waals surface area contributed by atoms with Gasteiger partial charge in [0.2, 0.25) is 0 Å². The number of nitrogens with zero attached hydrogens (tertiary/aromatic N) is 2. The van der Waals surface area contributed by atoms with E-state index in [1.54, 1.807) is 0 Å². The second kappa shape index (κ2) is 11.2. The summed E-state index contributed by atoms with van der Waals surface area (Å²) in [5.74, 6) is -2.21. The van der Waals surface area contributed by atoms with Crippen LogP contribution in [0.4, 0.5) is 0 Å². The Kier molecular flexibility index (Phi) is 9.31. The molecule has 4 atom stereocenters. The highest BCUT2D eigenvalue weighted by Crippen LogP contribution is 2.26. The minimum absolute atomic E-state index is 0.0786. The Balaban J connectivity index is 1.71. The zero-order valence-corrected chi connectivity index (χ0v) is 16.4. The zero-order valence-electron chi connectivity index (χ0n) is 15.6. The molecule has 2 fully saturated rings. The molecule has 0 aromatic heterocycles. The maximum atomic E-state index is 11.6. The van der Waals surface area contributed by atoms with Crippen LogP contribution in [-0.4, -0.2) is 69.0 Å². The third kappa shape index (κ3) is 7.23. The number of carboxylic acids is 2. The van der Waals surface area contributed by atoms with Gasteiger partial charge >= 0.3 is 11.9 Å². The molecular formula is C18H30N2O6S-2. The molecule has 2 N–H and O–H groups in total. The first kappa shape index (κ1) is 22.4. The van der Waals surface area contributed by atoms with Crippen molar-refractivity contribution in [2.75, 3.05) is 24.6 Å². The van der Waals surface area contributed by atoms with E-state index in [1.165, 1.54) is 11.8 Å². The molecule has 0 amide bonds. The third-order valence-electron chi connectivity index (χ3n) is 5.68. The fraction of sp³-hybridized carbons (Fsp3) is 0.889. The summed E-state index contributed by atoms with van der Waals surface area (Å²) in [6, 6.07) is -0.157. The van der Waals surface area contributed by atoms with Gasteiger partial charge in [0.25, 0.3) is 0 Å². The molecule has 0 aliphatic carbocycles. The number of hydroxylamine groups is 4. The monoisotopic (exact) mass is 402 g/mol. The average Bonchev–Trinajstić information content (AvgIpc) is 3.21. The van der Waals surface area contributed by atoms with Crippen LogP contribution in [0.15, 0.2) is 0 Å². The lowest BCUT2D eigenvalue weighted by Crippen LogP contribution is -2.27. The number of aliphatic carboxylic acids is 2. The first-order valence-electron chi connectivity index (χ1n) is 9.79. The first-order chi connectivity index (χ1) is 12.9. The molecule has 0 radical (unpaired) electrons. The normalized spacial score (nSPS) is 26.3. The van der Waals surface area contributed by atoms with Crippen LogP contribution in [0, 0.1) is 22.3 Å². The lowest BCUT2D eigenvalue weighted by molar-refractivity contribution is -0.142. The molecule has 0 saturated carbocycles. The molecule has 2 heterocycles. The van der Waals surface area contributed by atoms with E-state index in [-0.39, 0.29) is 12.1 Å². The Morgan fingerprint density at radius 1 is 0.889 bits per heavy atom. The minimum Gasteiger partial charge on any atom is -0.785 e. The van der Waals surface area contributed by atoms with Gasteiger partial charge in [-0.25, -0.2) is 0 Å². The Labute approximate surface area is 164 Å². The van der Waals surface area contributed by atoms with Gasteiger partial charge < -0.3 is 30.8 Å². The highest BCUT2D eigenvalue weighted by molar-refractivity contribution is 7.99. The summed E-state index contributed by atoms with van der Waals surface area (Å²) in [5.41, 5.74) is 0. The predicted molar refractivity (Wildman–Crippen MR) is 104 cm³/mol. The van der Waals surface area contributed by atoms with Crippen molar-refractivity contribution in [2.45, 2.75) is 63.5 Å². The Morgan fingerprint density at radius 2 is 1.30 bits per heavy atom. The third-order valence-corrected chi connectivity index (χ3v) is 6.96. The van der Waals surface area contributed by atoms with Crippen molar-refractivity contribution in [1.29, 1.82) is 0 Å². The van der Waals surface area contributed by atoms with Crippen LogP contribution >= 0.6 is 11.8 Å². The van der Waals surface area contributed by atoms with E-state index < -0.39 is 23.8 Å². The highest BCUT2D eigenvalue weighted by Gasteiger charge is 2.25. The van der Waals surface area contributed by atoms with Crippen LogP contribution < -0.4 is 0 Å². The summed E-state index contributed by atoms with van der Waals surface area (Å²) >= 11 is 1.35. The first-order valence-corrected chi connectivity index (χ1v) is 10.9. The zero-order chi connectivity index (χ0) is 19.8. The maximum Gasteiger partial charge on any atom is 0.307 e. The van der Waals surface area contributed by atoms with Gasteiger partial charge in [0.15, 0.2) is 0 Å². The second-order valence-corrected chi connectivity index (χ2v) is 8.71. The van der Waals surface area contributed by atoms with Crippen molar-refractivity contribution < 1.29 is 19.8 Å². The number of rotatable bonds is 12. The number of carboxylic acid groups (broad SMARTS) is 2. The van der Waals surface area contributed by atoms with E-state index in [1.807, 2.05) is 0 Å². The average molecular weight is 403 g/mol. The molecule has 4 unspecified atom stereocenters. The number of hydrogen-bond donors (Lipinski definition) is 2. The number of thioether (sulfide) groups is 1. The standard InChI is InChI=1S/C18H30N2O6S/c21-17(22)13(5-7-15-3-1-9-19(15)25)11-27-12-14(18(23)24)6-8-16-4-2-10-20(16)26/h13-16H,1-12H2,(H,21,22)(H,23,24)/q-2. The van der Waals surface area contributed by atoms with Crippen LogP contribution in [0.25, 0.3) is 0 Å². The summed E-state index contributed by atoms with van der Waals surface area (Å²) in [5, 5.41) is 44.1. The van der Waals surface area contributed by atoms with Crippen LogP contribution in [0.1, 0.15) is 51.4 Å². The van der Waals surface area contributed by atoms with Gasteiger partial charge in [0.1, 0.15) is 0 Å². The van der Waals surface area contributed by atoms with E-state index in [4.69, 9.17) is 0 Å². The van der Waals surface area contributed by atoms with Crippen molar-refractivity contribution in [1.82, 2.24) is 10.1 Å². The van der Waals surface area contributed by atoms with E-state index in [9.17, 15) is 30.2 Å². The molecule has 0 spiro atoms. The van der Waals surface area contributed by atoms with Gasteiger partial charge in [-0.05, 0) is 76.5 Å². The number of carbonyl (C=O) groups is 2. The molecule has 27 heavy (non-hydrogen) atoms. The fourth-order valence-electron chi connectivity index (χ4n) is 3.89. The molecule has 2 aliphatic rings. The molecule has 0 aromatic carbocycles. The molecule has 0 aromatic rings. The van der Waals surface area contributed by atoms with Crippen molar-refractivity contribution in [3.63, 3.8) is 0 Å². The largest absolute Gasteiger partial charge is 0.785 e. The summed E-state index contributed by atoms with van der Waals surface area (Å²) < 4.78 is 0. The van der Waals surface area contributed by atoms with E-state index in [2.05, 4.69) is 0 Å². The Bertz CT molecular complexity index is 452. The van der Waals surface area contributed by atoms with Crippen LogP contribution in [0.5, 0.6) is 0 Å². The quantitative estimate of drug-likeness (QED) is 0.506. The molecule has 8 nitrogen and oxygen atoms in total. The van der Waals surface area contributed by atoms with Crippen LogP contribution in [-0.2, 0) is 9.59 Å². The van der Waals surface area contributed by atoms with Gasteiger partial charge in [-0.15, -0.1) is 0 Å². The minimum atomic E-state index is -0.891. The van der Waals surface area contributed by atoms with Crippen molar-refractivity contribution in [3.05, 3.63) is 10.4 Å². The van der Waals surface area contributed by atoms with E-state index in [0.29, 0.717) is 50.3 Å². The summed E-state index contributed by atoms with van der Waals surface area (Å²) in [6.45, 7) is 1.05. The fourth-order valence-corrected chi connectivity index (χ4v) is 5.21. The van der Waals surface area contributed by atoms with Crippen LogP contribution in [0.3, 0.4) is 0 Å². The molecule has 2 aliphatic heterocycles. The summed E-state index contributed by atoms with van der Waals surface area (Å²) in [7, 11) is 0. The number of hydrogen-bond acceptors (Lipinski definition) is 7. The SMILES string of the molecule is O=C(O)C(CCC1CCCN1[O-])CSCC(CCC1CCCN1[O-])C(=O)O. The molecule has 0 bridgehead atoms. The summed E-state index contributed by atoms with van der Waals surface area (Å²) in [6.07, 6.45) is 5.40. The van der Waals surface area contributed by atoms with Gasteiger partial charge in [0, 0.05) is 11.5 Å².